The van der Waals surface area contributed by atoms with Gasteiger partial charge in [0.15, 0.2) is 0 Å². The first-order valence-corrected chi connectivity index (χ1v) is 7.06. The van der Waals surface area contributed by atoms with E-state index >= 15 is 0 Å². The summed E-state index contributed by atoms with van der Waals surface area (Å²) < 4.78 is 0. The summed E-state index contributed by atoms with van der Waals surface area (Å²) in [6.07, 6.45) is 5.71. The van der Waals surface area contributed by atoms with Crippen LogP contribution in [0.5, 0.6) is 0 Å². The van der Waals surface area contributed by atoms with E-state index in [1.807, 2.05) is 11.8 Å². The molecule has 1 aliphatic carbocycles. The zero-order valence-corrected chi connectivity index (χ0v) is 11.7. The lowest BCUT2D eigenvalue weighted by atomic mass is 9.94. The number of hydrogen-bond donors (Lipinski definition) is 2. The van der Waals surface area contributed by atoms with Gasteiger partial charge in [-0.1, -0.05) is 19.3 Å². The summed E-state index contributed by atoms with van der Waals surface area (Å²) in [5.41, 5.74) is 2.49. The highest BCUT2D eigenvalue weighted by Crippen LogP contribution is 2.32. The van der Waals surface area contributed by atoms with Gasteiger partial charge in [0.1, 0.15) is 5.82 Å². The second-order valence-electron chi connectivity index (χ2n) is 5.02. The Kier molecular flexibility index (Phi) is 4.73. The number of nitrogens with zero attached hydrogens (tertiary/aromatic N) is 3. The van der Waals surface area contributed by atoms with E-state index in [2.05, 4.69) is 10.4 Å². The van der Waals surface area contributed by atoms with Gasteiger partial charge in [0.25, 0.3) is 0 Å². The molecule has 0 unspecified atom stereocenters. The molecule has 0 saturated heterocycles. The summed E-state index contributed by atoms with van der Waals surface area (Å²) >= 11 is 0. The van der Waals surface area contributed by atoms with Gasteiger partial charge >= 0.3 is 5.69 Å². The first-order chi connectivity index (χ1) is 9.67. The minimum absolute atomic E-state index is 0.0384. The van der Waals surface area contributed by atoms with Gasteiger partial charge in [-0.15, -0.1) is 0 Å². The minimum Gasteiger partial charge on any atom is -0.348 e. The van der Waals surface area contributed by atoms with E-state index in [9.17, 15) is 10.1 Å². The molecule has 0 bridgehead atoms. The number of nitrogen functional groups attached to an aromatic ring is 1. The van der Waals surface area contributed by atoms with Crippen molar-refractivity contribution < 1.29 is 4.92 Å². The maximum Gasteiger partial charge on any atom is 0.311 e. The molecule has 0 atom stereocenters. The first-order valence-electron chi connectivity index (χ1n) is 7.06. The van der Waals surface area contributed by atoms with E-state index in [0.717, 1.165) is 12.8 Å². The van der Waals surface area contributed by atoms with Crippen LogP contribution in [0.1, 0.15) is 39.0 Å². The van der Waals surface area contributed by atoms with Crippen molar-refractivity contribution >= 4 is 17.3 Å². The molecular weight excluding hydrogens is 258 g/mol. The molecule has 3 N–H and O–H groups in total. The molecule has 1 saturated carbocycles. The van der Waals surface area contributed by atoms with Crippen molar-refractivity contribution in [3.63, 3.8) is 0 Å². The molecule has 1 heterocycles. The number of hydrazine groups is 1. The fraction of sp³-hybridized carbons (Fsp3) is 0.615. The van der Waals surface area contributed by atoms with Crippen LogP contribution in [0, 0.1) is 10.1 Å². The van der Waals surface area contributed by atoms with E-state index in [4.69, 9.17) is 5.84 Å². The van der Waals surface area contributed by atoms with Crippen LogP contribution < -0.4 is 16.2 Å². The van der Waals surface area contributed by atoms with Crippen LogP contribution in [0.3, 0.4) is 0 Å². The molecule has 1 aromatic heterocycles. The van der Waals surface area contributed by atoms with Gasteiger partial charge < -0.3 is 10.3 Å². The number of anilines is 2. The summed E-state index contributed by atoms with van der Waals surface area (Å²) in [4.78, 5) is 17.2. The third-order valence-electron chi connectivity index (χ3n) is 3.83. The monoisotopic (exact) mass is 279 g/mol. The van der Waals surface area contributed by atoms with Crippen LogP contribution in [0.4, 0.5) is 17.3 Å². The number of nitrogens with one attached hydrogen (secondary N) is 1. The number of nitro groups is 1. The third-order valence-corrected chi connectivity index (χ3v) is 3.83. The molecule has 0 radical (unpaired) electrons. The molecule has 20 heavy (non-hydrogen) atoms. The van der Waals surface area contributed by atoms with Crippen molar-refractivity contribution in [1.29, 1.82) is 0 Å². The zero-order valence-electron chi connectivity index (χ0n) is 11.7. The highest BCUT2D eigenvalue weighted by molar-refractivity contribution is 5.62. The Labute approximate surface area is 118 Å². The molecule has 110 valence electrons. The van der Waals surface area contributed by atoms with Crippen LogP contribution in [-0.4, -0.2) is 22.5 Å². The van der Waals surface area contributed by atoms with Gasteiger partial charge in [-0.3, -0.25) is 10.1 Å². The number of aromatic nitrogens is 1. The molecule has 1 aromatic rings. The molecule has 2 rings (SSSR count). The summed E-state index contributed by atoms with van der Waals surface area (Å²) in [5.74, 6) is 6.22. The topological polar surface area (TPSA) is 97.3 Å². The number of rotatable bonds is 5. The molecule has 1 aliphatic rings. The van der Waals surface area contributed by atoms with Gasteiger partial charge in [0, 0.05) is 18.7 Å². The lowest BCUT2D eigenvalue weighted by molar-refractivity contribution is -0.384. The second kappa shape index (κ2) is 6.51. The molecule has 7 nitrogen and oxygen atoms in total. The number of nitrogens with two attached hydrogens (primary N) is 1. The lowest BCUT2D eigenvalue weighted by Crippen LogP contribution is -2.37. The van der Waals surface area contributed by atoms with Crippen molar-refractivity contribution in [2.45, 2.75) is 45.1 Å². The van der Waals surface area contributed by atoms with Crippen LogP contribution in [0.2, 0.25) is 0 Å². The normalized spacial score (nSPS) is 15.9. The first kappa shape index (κ1) is 14.5. The molecule has 0 aliphatic heterocycles. The average molecular weight is 279 g/mol. The van der Waals surface area contributed by atoms with E-state index in [0.29, 0.717) is 24.2 Å². The smallest absolute Gasteiger partial charge is 0.311 e. The number of hydrogen-bond acceptors (Lipinski definition) is 6. The average Bonchev–Trinajstić information content (AvgIpc) is 2.48. The quantitative estimate of drug-likeness (QED) is 0.488. The van der Waals surface area contributed by atoms with Crippen LogP contribution >= 0.6 is 0 Å². The van der Waals surface area contributed by atoms with Gasteiger partial charge in [-0.25, -0.2) is 10.8 Å². The van der Waals surface area contributed by atoms with Crippen molar-refractivity contribution in [2.24, 2.45) is 5.84 Å². The maximum atomic E-state index is 11.2. The Morgan fingerprint density at radius 3 is 2.70 bits per heavy atom. The zero-order chi connectivity index (χ0) is 14.5. The summed E-state index contributed by atoms with van der Waals surface area (Å²) in [6.45, 7) is 2.70. The van der Waals surface area contributed by atoms with Crippen molar-refractivity contribution in [2.75, 3.05) is 16.9 Å². The highest BCUT2D eigenvalue weighted by atomic mass is 16.6. The van der Waals surface area contributed by atoms with Gasteiger partial charge in [0.05, 0.1) is 4.92 Å². The van der Waals surface area contributed by atoms with E-state index in [1.165, 1.54) is 31.4 Å². The molecule has 1 fully saturated rings. The number of pyridine rings is 1. The summed E-state index contributed by atoms with van der Waals surface area (Å²) in [6, 6.07) is 3.31. The molecular formula is C13H21N5O2. The van der Waals surface area contributed by atoms with Crippen LogP contribution in [-0.2, 0) is 0 Å². The second-order valence-corrected chi connectivity index (χ2v) is 5.02. The van der Waals surface area contributed by atoms with E-state index in [1.54, 1.807) is 0 Å². The maximum absolute atomic E-state index is 11.2. The fourth-order valence-electron chi connectivity index (χ4n) is 2.85. The van der Waals surface area contributed by atoms with Gasteiger partial charge in [0.2, 0.25) is 5.82 Å². The third kappa shape index (κ3) is 2.98. The van der Waals surface area contributed by atoms with Gasteiger partial charge in [-0.2, -0.15) is 0 Å². The Bertz CT molecular complexity index is 474. The highest BCUT2D eigenvalue weighted by Gasteiger charge is 2.27. The predicted molar refractivity (Wildman–Crippen MR) is 78.6 cm³/mol. The van der Waals surface area contributed by atoms with Crippen LogP contribution in [0.15, 0.2) is 12.1 Å². The van der Waals surface area contributed by atoms with E-state index < -0.39 is 0 Å². The van der Waals surface area contributed by atoms with Crippen molar-refractivity contribution in [3.05, 3.63) is 22.2 Å². The molecule has 0 amide bonds. The SMILES string of the molecule is CCN(c1nc(NN)ccc1[N+](=O)[O-])C1CCCCC1. The summed E-state index contributed by atoms with van der Waals surface area (Å²) in [7, 11) is 0. The lowest BCUT2D eigenvalue weighted by Gasteiger charge is -2.34. The standard InChI is InChI=1S/C13H21N5O2/c1-2-17(10-6-4-3-5-7-10)13-11(18(19)20)8-9-12(15-13)16-14/h8-10H,2-7,14H2,1H3,(H,15,16). The Balaban J connectivity index is 2.37. The van der Waals surface area contributed by atoms with Crippen molar-refractivity contribution in [1.82, 2.24) is 4.98 Å². The van der Waals surface area contributed by atoms with Crippen LogP contribution in [0.25, 0.3) is 0 Å². The Hall–Kier alpha value is -1.89. The Morgan fingerprint density at radius 2 is 2.15 bits per heavy atom. The largest absolute Gasteiger partial charge is 0.348 e. The van der Waals surface area contributed by atoms with Crippen molar-refractivity contribution in [3.8, 4) is 0 Å². The molecule has 0 aromatic carbocycles. The predicted octanol–water partition coefficient (Wildman–Crippen LogP) is 2.43. The fourth-order valence-corrected chi connectivity index (χ4v) is 2.85. The minimum atomic E-state index is -0.381. The van der Waals surface area contributed by atoms with E-state index in [-0.39, 0.29) is 10.6 Å². The molecule has 7 heteroatoms. The summed E-state index contributed by atoms with van der Waals surface area (Å²) in [5, 5.41) is 11.2. The Morgan fingerprint density at radius 1 is 1.45 bits per heavy atom. The molecule has 0 spiro atoms. The van der Waals surface area contributed by atoms with Gasteiger partial charge in [-0.05, 0) is 25.8 Å².